The maximum absolute atomic E-state index is 9.18. The maximum atomic E-state index is 9.18. The Bertz CT molecular complexity index is 1960. The Kier molecular flexibility index (Phi) is 4.18. The summed E-state index contributed by atoms with van der Waals surface area (Å²) >= 11 is 0. The second-order valence-electron chi connectivity index (χ2n) is 8.64. The number of aromatic nitrogens is 3. The van der Waals surface area contributed by atoms with Crippen molar-refractivity contribution in [1.29, 1.82) is 5.26 Å². The first kappa shape index (κ1) is 19.5. The lowest BCUT2D eigenvalue weighted by Gasteiger charge is -2.13. The summed E-state index contributed by atoms with van der Waals surface area (Å²) in [5, 5.41) is 14.0. The van der Waals surface area contributed by atoms with Gasteiger partial charge in [-0.05, 0) is 58.8 Å². The van der Waals surface area contributed by atoms with Crippen LogP contribution in [0, 0.1) is 11.3 Å². The number of hydrogen-bond donors (Lipinski definition) is 0. The fraction of sp³-hybridized carbons (Fsp3) is 0. The predicted molar refractivity (Wildman–Crippen MR) is 142 cm³/mol. The van der Waals surface area contributed by atoms with Gasteiger partial charge in [0.15, 0.2) is 0 Å². The molecule has 0 fully saturated rings. The third-order valence-corrected chi connectivity index (χ3v) is 6.71. The molecule has 0 N–H and O–H groups in total. The number of nitrogens with zero attached hydrogens (tertiary/aromatic N) is 4. The van der Waals surface area contributed by atoms with Gasteiger partial charge in [0.25, 0.3) is 0 Å². The van der Waals surface area contributed by atoms with Crippen molar-refractivity contribution in [2.24, 2.45) is 0 Å². The molecule has 0 aliphatic heterocycles. The molecule has 35 heavy (non-hydrogen) atoms. The fourth-order valence-corrected chi connectivity index (χ4v) is 5.10. The minimum absolute atomic E-state index is 0.637. The highest BCUT2D eigenvalue weighted by Gasteiger charge is 2.17. The average molecular weight is 447 g/mol. The smallest absolute Gasteiger partial charge is 0.113 e. The van der Waals surface area contributed by atoms with E-state index in [2.05, 4.69) is 83.4 Å². The van der Waals surface area contributed by atoms with Crippen molar-refractivity contribution in [3.8, 4) is 22.9 Å². The molecular formula is C31H18N4. The number of hydrogen-bond acceptors (Lipinski definition) is 3. The van der Waals surface area contributed by atoms with Gasteiger partial charge < -0.3 is 4.57 Å². The molecule has 0 spiro atoms. The van der Waals surface area contributed by atoms with Gasteiger partial charge in [-0.15, -0.1) is 0 Å². The van der Waals surface area contributed by atoms with Gasteiger partial charge in [-0.25, -0.2) is 0 Å². The van der Waals surface area contributed by atoms with Crippen LogP contribution < -0.4 is 0 Å². The molecule has 0 saturated carbocycles. The van der Waals surface area contributed by atoms with Crippen molar-refractivity contribution in [1.82, 2.24) is 14.5 Å². The third kappa shape index (κ3) is 2.92. The minimum Gasteiger partial charge on any atom is -0.307 e. The summed E-state index contributed by atoms with van der Waals surface area (Å²) in [5.74, 6) is 0. The molecule has 4 heteroatoms. The van der Waals surface area contributed by atoms with E-state index in [1.165, 1.54) is 21.5 Å². The Morgan fingerprint density at radius 1 is 0.629 bits per heavy atom. The van der Waals surface area contributed by atoms with E-state index in [1.54, 1.807) is 12.4 Å². The quantitative estimate of drug-likeness (QED) is 0.278. The molecule has 0 radical (unpaired) electrons. The average Bonchev–Trinajstić information content (AvgIpc) is 3.24. The molecule has 0 saturated heterocycles. The fourth-order valence-electron chi connectivity index (χ4n) is 5.10. The lowest BCUT2D eigenvalue weighted by Crippen LogP contribution is -1.99. The number of nitriles is 1. The third-order valence-electron chi connectivity index (χ3n) is 6.71. The lowest BCUT2D eigenvalue weighted by atomic mass is 10.0. The lowest BCUT2D eigenvalue weighted by molar-refractivity contribution is 1.17. The van der Waals surface area contributed by atoms with Crippen LogP contribution in [0.4, 0.5) is 0 Å². The Morgan fingerprint density at radius 2 is 1.34 bits per heavy atom. The highest BCUT2D eigenvalue weighted by molar-refractivity contribution is 6.14. The van der Waals surface area contributed by atoms with Crippen LogP contribution in [0.1, 0.15) is 5.56 Å². The standard InChI is InChI=1S/C31H18N4/c32-19-20-9-11-21(12-10-20)24-13-14-28(31-30(24)33-15-16-34-31)35-27-8-4-3-7-25(27)26-17-22-5-1-2-6-23(22)18-29(26)35/h1-18H. The van der Waals surface area contributed by atoms with E-state index >= 15 is 0 Å². The first-order valence-electron chi connectivity index (χ1n) is 11.5. The van der Waals surface area contributed by atoms with Crippen molar-refractivity contribution in [3.05, 3.63) is 115 Å². The summed E-state index contributed by atoms with van der Waals surface area (Å²) in [5.41, 5.74) is 7.58. The molecule has 7 aromatic rings. The summed E-state index contributed by atoms with van der Waals surface area (Å²) in [4.78, 5) is 9.54. The number of benzene rings is 5. The topological polar surface area (TPSA) is 54.5 Å². The largest absolute Gasteiger partial charge is 0.307 e. The highest BCUT2D eigenvalue weighted by Crippen LogP contribution is 2.38. The Labute approximate surface area is 201 Å². The molecule has 0 aliphatic rings. The molecule has 162 valence electrons. The molecule has 0 unspecified atom stereocenters. The van der Waals surface area contributed by atoms with Crippen LogP contribution in [-0.4, -0.2) is 14.5 Å². The number of fused-ring (bicyclic) bond motifs is 5. The molecule has 2 aromatic heterocycles. The van der Waals surface area contributed by atoms with Crippen LogP contribution in [-0.2, 0) is 0 Å². The Balaban J connectivity index is 1.57. The van der Waals surface area contributed by atoms with Gasteiger partial charge in [0.05, 0.1) is 33.9 Å². The van der Waals surface area contributed by atoms with Gasteiger partial charge in [-0.1, -0.05) is 54.6 Å². The van der Waals surface area contributed by atoms with Crippen LogP contribution in [0.15, 0.2) is 109 Å². The van der Waals surface area contributed by atoms with Gasteiger partial charge in [0.2, 0.25) is 0 Å². The molecular weight excluding hydrogens is 428 g/mol. The summed E-state index contributed by atoms with van der Waals surface area (Å²) in [7, 11) is 0. The maximum Gasteiger partial charge on any atom is 0.113 e. The van der Waals surface area contributed by atoms with Crippen molar-refractivity contribution in [3.63, 3.8) is 0 Å². The first-order chi connectivity index (χ1) is 17.3. The van der Waals surface area contributed by atoms with Gasteiger partial charge in [0, 0.05) is 28.7 Å². The molecule has 5 aromatic carbocycles. The zero-order chi connectivity index (χ0) is 23.4. The van der Waals surface area contributed by atoms with Crippen LogP contribution in [0.5, 0.6) is 0 Å². The molecule has 2 heterocycles. The van der Waals surface area contributed by atoms with E-state index in [0.717, 1.165) is 38.9 Å². The number of rotatable bonds is 2. The Hall–Kier alpha value is -5.01. The zero-order valence-electron chi connectivity index (χ0n) is 18.7. The van der Waals surface area contributed by atoms with Crippen LogP contribution >= 0.6 is 0 Å². The van der Waals surface area contributed by atoms with Crippen LogP contribution in [0.3, 0.4) is 0 Å². The van der Waals surface area contributed by atoms with Gasteiger partial charge in [0.1, 0.15) is 5.52 Å². The van der Waals surface area contributed by atoms with Crippen molar-refractivity contribution in [2.45, 2.75) is 0 Å². The van der Waals surface area contributed by atoms with E-state index in [9.17, 15) is 5.26 Å². The molecule has 7 rings (SSSR count). The second kappa shape index (κ2) is 7.51. The monoisotopic (exact) mass is 446 g/mol. The highest BCUT2D eigenvalue weighted by atomic mass is 15.0. The van der Waals surface area contributed by atoms with E-state index in [1.807, 2.05) is 24.3 Å². The Morgan fingerprint density at radius 3 is 2.14 bits per heavy atom. The SMILES string of the molecule is N#Cc1ccc(-c2ccc(-n3c4ccccc4c4cc5ccccc5cc43)c3nccnc23)cc1. The zero-order valence-corrected chi connectivity index (χ0v) is 18.7. The van der Waals surface area contributed by atoms with Gasteiger partial charge in [-0.3, -0.25) is 9.97 Å². The van der Waals surface area contributed by atoms with Gasteiger partial charge >= 0.3 is 0 Å². The first-order valence-corrected chi connectivity index (χ1v) is 11.5. The minimum atomic E-state index is 0.637. The van der Waals surface area contributed by atoms with E-state index in [-0.39, 0.29) is 0 Å². The van der Waals surface area contributed by atoms with Crippen molar-refractivity contribution < 1.29 is 0 Å². The molecule has 0 amide bonds. The van der Waals surface area contributed by atoms with E-state index in [0.29, 0.717) is 5.56 Å². The van der Waals surface area contributed by atoms with Crippen molar-refractivity contribution >= 4 is 43.6 Å². The van der Waals surface area contributed by atoms with Gasteiger partial charge in [-0.2, -0.15) is 5.26 Å². The van der Waals surface area contributed by atoms with E-state index in [4.69, 9.17) is 9.97 Å². The van der Waals surface area contributed by atoms with E-state index < -0.39 is 0 Å². The van der Waals surface area contributed by atoms with Crippen molar-refractivity contribution in [2.75, 3.05) is 0 Å². The summed E-state index contributed by atoms with van der Waals surface area (Å²) in [6.45, 7) is 0. The normalized spacial score (nSPS) is 11.4. The molecule has 0 aliphatic carbocycles. The van der Waals surface area contributed by atoms with Crippen LogP contribution in [0.2, 0.25) is 0 Å². The molecule has 0 bridgehead atoms. The summed E-state index contributed by atoms with van der Waals surface area (Å²) < 4.78 is 2.30. The second-order valence-corrected chi connectivity index (χ2v) is 8.64. The molecule has 0 atom stereocenters. The predicted octanol–water partition coefficient (Wildman–Crippen LogP) is 7.42. The number of para-hydroxylation sites is 1. The molecule has 4 nitrogen and oxygen atoms in total. The summed E-state index contributed by atoms with van der Waals surface area (Å²) in [6, 6.07) is 35.6. The summed E-state index contributed by atoms with van der Waals surface area (Å²) in [6.07, 6.45) is 3.48. The van der Waals surface area contributed by atoms with Crippen LogP contribution in [0.25, 0.3) is 60.4 Å².